The molecule has 1 aliphatic heterocycles. The summed E-state index contributed by atoms with van der Waals surface area (Å²) in [5, 5.41) is 10.2. The van der Waals surface area contributed by atoms with Crippen LogP contribution in [0.4, 0.5) is 13.2 Å². The molecule has 2 aromatic carbocycles. The van der Waals surface area contributed by atoms with Gasteiger partial charge >= 0.3 is 0 Å². The van der Waals surface area contributed by atoms with Gasteiger partial charge in [0, 0.05) is 25.2 Å². The highest BCUT2D eigenvalue weighted by Crippen LogP contribution is 2.26. The van der Waals surface area contributed by atoms with Gasteiger partial charge in [-0.2, -0.15) is 0 Å². The molecular formula is C17H16F3NO. The van der Waals surface area contributed by atoms with Gasteiger partial charge in [0.25, 0.3) is 0 Å². The fourth-order valence-corrected chi connectivity index (χ4v) is 2.84. The van der Waals surface area contributed by atoms with E-state index in [2.05, 4.69) is 0 Å². The Morgan fingerprint density at radius 1 is 0.955 bits per heavy atom. The van der Waals surface area contributed by atoms with E-state index in [1.54, 1.807) is 0 Å². The van der Waals surface area contributed by atoms with Gasteiger partial charge < -0.3 is 5.11 Å². The van der Waals surface area contributed by atoms with Crippen LogP contribution in [-0.4, -0.2) is 23.1 Å². The molecule has 0 fully saturated rings. The van der Waals surface area contributed by atoms with E-state index in [0.29, 0.717) is 36.2 Å². The molecule has 5 heteroatoms. The molecule has 3 rings (SSSR count). The Bertz CT molecular complexity index is 672. The number of nitrogens with zero attached hydrogens (tertiary/aromatic N) is 1. The van der Waals surface area contributed by atoms with Gasteiger partial charge in [-0.05, 0) is 41.8 Å². The zero-order valence-corrected chi connectivity index (χ0v) is 11.9. The maximum atomic E-state index is 13.8. The molecule has 116 valence electrons. The molecule has 0 aromatic heterocycles. The maximum Gasteiger partial charge on any atom is 0.128 e. The van der Waals surface area contributed by atoms with Gasteiger partial charge in [-0.3, -0.25) is 4.90 Å². The molecule has 2 aromatic rings. The van der Waals surface area contributed by atoms with E-state index < -0.39 is 11.9 Å². The van der Waals surface area contributed by atoms with Crippen molar-refractivity contribution in [2.75, 3.05) is 13.1 Å². The first-order chi connectivity index (χ1) is 10.5. The average molecular weight is 307 g/mol. The first-order valence-corrected chi connectivity index (χ1v) is 7.16. The summed E-state index contributed by atoms with van der Waals surface area (Å²) in [6.45, 7) is 1.10. The van der Waals surface area contributed by atoms with E-state index in [4.69, 9.17) is 0 Å². The molecular weight excluding hydrogens is 291 g/mol. The predicted molar refractivity (Wildman–Crippen MR) is 76.7 cm³/mol. The standard InChI is InChI=1S/C17H16F3NO/c18-12-3-1-11(2-4-12)17(22)10-21-8-7-13-14(9-21)16(20)6-5-15(13)19/h1-6,17,22H,7-10H2. The van der Waals surface area contributed by atoms with Crippen molar-refractivity contribution in [2.45, 2.75) is 19.1 Å². The number of hydrogen-bond acceptors (Lipinski definition) is 2. The van der Waals surface area contributed by atoms with E-state index in [0.717, 1.165) is 12.1 Å². The summed E-state index contributed by atoms with van der Waals surface area (Å²) in [5.74, 6) is -1.16. The second kappa shape index (κ2) is 6.10. The Morgan fingerprint density at radius 2 is 1.59 bits per heavy atom. The second-order valence-electron chi connectivity index (χ2n) is 5.54. The van der Waals surface area contributed by atoms with Gasteiger partial charge in [0.05, 0.1) is 6.10 Å². The van der Waals surface area contributed by atoms with Crippen LogP contribution >= 0.6 is 0 Å². The number of fused-ring (bicyclic) bond motifs is 1. The summed E-state index contributed by atoms with van der Waals surface area (Å²) in [4.78, 5) is 1.87. The summed E-state index contributed by atoms with van der Waals surface area (Å²) in [6.07, 6.45) is -0.381. The van der Waals surface area contributed by atoms with Crippen LogP contribution in [0.1, 0.15) is 22.8 Å². The summed E-state index contributed by atoms with van der Waals surface area (Å²) in [7, 11) is 0. The van der Waals surface area contributed by atoms with Crippen molar-refractivity contribution >= 4 is 0 Å². The summed E-state index contributed by atoms with van der Waals surface area (Å²) >= 11 is 0. The number of hydrogen-bond donors (Lipinski definition) is 1. The number of β-amino-alcohol motifs (C(OH)–C–C–N with tert-alkyl or cyclic N) is 1. The normalized spacial score (nSPS) is 16.4. The van der Waals surface area contributed by atoms with Gasteiger partial charge in [0.15, 0.2) is 0 Å². The Hall–Kier alpha value is -1.85. The van der Waals surface area contributed by atoms with Crippen LogP contribution in [0.15, 0.2) is 36.4 Å². The number of rotatable bonds is 3. The lowest BCUT2D eigenvalue weighted by atomic mass is 9.98. The van der Waals surface area contributed by atoms with Crippen LogP contribution in [0.5, 0.6) is 0 Å². The minimum absolute atomic E-state index is 0.261. The zero-order valence-electron chi connectivity index (χ0n) is 11.9. The SMILES string of the molecule is OC(CN1CCc2c(F)ccc(F)c2C1)c1ccc(F)cc1. The smallest absolute Gasteiger partial charge is 0.128 e. The molecule has 2 nitrogen and oxygen atoms in total. The maximum absolute atomic E-state index is 13.8. The highest BCUT2D eigenvalue weighted by molar-refractivity contribution is 5.32. The third-order valence-corrected chi connectivity index (χ3v) is 4.06. The number of aliphatic hydroxyl groups is 1. The lowest BCUT2D eigenvalue weighted by Crippen LogP contribution is -2.35. The van der Waals surface area contributed by atoms with E-state index in [1.165, 1.54) is 24.3 Å². The molecule has 0 radical (unpaired) electrons. The number of aliphatic hydroxyl groups excluding tert-OH is 1. The molecule has 0 amide bonds. The van der Waals surface area contributed by atoms with Crippen molar-refractivity contribution in [3.63, 3.8) is 0 Å². The van der Waals surface area contributed by atoms with Crippen molar-refractivity contribution in [1.82, 2.24) is 4.90 Å². The molecule has 1 aliphatic rings. The molecule has 0 bridgehead atoms. The van der Waals surface area contributed by atoms with Gasteiger partial charge in [0.2, 0.25) is 0 Å². The van der Waals surface area contributed by atoms with Gasteiger partial charge in [0.1, 0.15) is 17.5 Å². The Kier molecular flexibility index (Phi) is 4.18. The Labute approximate surface area is 126 Å². The van der Waals surface area contributed by atoms with Crippen LogP contribution in [0.3, 0.4) is 0 Å². The molecule has 1 heterocycles. The lowest BCUT2D eigenvalue weighted by Gasteiger charge is -2.30. The van der Waals surface area contributed by atoms with Crippen LogP contribution in [0.2, 0.25) is 0 Å². The van der Waals surface area contributed by atoms with Crippen molar-refractivity contribution in [2.24, 2.45) is 0 Å². The Morgan fingerprint density at radius 3 is 2.27 bits per heavy atom. The highest BCUT2D eigenvalue weighted by Gasteiger charge is 2.24. The van der Waals surface area contributed by atoms with Gasteiger partial charge in [-0.15, -0.1) is 0 Å². The van der Waals surface area contributed by atoms with Crippen molar-refractivity contribution in [1.29, 1.82) is 0 Å². The van der Waals surface area contributed by atoms with E-state index >= 15 is 0 Å². The van der Waals surface area contributed by atoms with Crippen molar-refractivity contribution < 1.29 is 18.3 Å². The topological polar surface area (TPSA) is 23.5 Å². The van der Waals surface area contributed by atoms with Crippen LogP contribution in [0.25, 0.3) is 0 Å². The molecule has 0 spiro atoms. The molecule has 22 heavy (non-hydrogen) atoms. The quantitative estimate of drug-likeness (QED) is 0.941. The van der Waals surface area contributed by atoms with Gasteiger partial charge in [-0.1, -0.05) is 12.1 Å². The summed E-state index contributed by atoms with van der Waals surface area (Å²) < 4.78 is 40.4. The summed E-state index contributed by atoms with van der Waals surface area (Å²) in [6, 6.07) is 7.92. The third-order valence-electron chi connectivity index (χ3n) is 4.06. The molecule has 0 aliphatic carbocycles. The minimum atomic E-state index is -0.793. The molecule has 1 unspecified atom stereocenters. The lowest BCUT2D eigenvalue weighted by molar-refractivity contribution is 0.104. The first kappa shape index (κ1) is 15.1. The van der Waals surface area contributed by atoms with Crippen LogP contribution in [-0.2, 0) is 13.0 Å². The van der Waals surface area contributed by atoms with Gasteiger partial charge in [-0.25, -0.2) is 13.2 Å². The molecule has 1 atom stereocenters. The second-order valence-corrected chi connectivity index (χ2v) is 5.54. The first-order valence-electron chi connectivity index (χ1n) is 7.16. The predicted octanol–water partition coefficient (Wildman–Crippen LogP) is 3.20. The van der Waals surface area contributed by atoms with Crippen molar-refractivity contribution in [3.05, 3.63) is 70.5 Å². The fraction of sp³-hybridized carbons (Fsp3) is 0.294. The van der Waals surface area contributed by atoms with E-state index in [-0.39, 0.29) is 18.2 Å². The zero-order chi connectivity index (χ0) is 15.7. The molecule has 0 saturated heterocycles. The average Bonchev–Trinajstić information content (AvgIpc) is 2.52. The monoisotopic (exact) mass is 307 g/mol. The highest BCUT2D eigenvalue weighted by atomic mass is 19.1. The van der Waals surface area contributed by atoms with Crippen LogP contribution in [0, 0.1) is 17.5 Å². The van der Waals surface area contributed by atoms with Crippen LogP contribution < -0.4 is 0 Å². The number of benzene rings is 2. The summed E-state index contributed by atoms with van der Waals surface area (Å²) in [5.41, 5.74) is 1.39. The number of halogens is 3. The minimum Gasteiger partial charge on any atom is -0.387 e. The van der Waals surface area contributed by atoms with E-state index in [9.17, 15) is 18.3 Å². The third kappa shape index (κ3) is 3.00. The largest absolute Gasteiger partial charge is 0.387 e. The van der Waals surface area contributed by atoms with E-state index in [1.807, 2.05) is 4.90 Å². The fourth-order valence-electron chi connectivity index (χ4n) is 2.84. The van der Waals surface area contributed by atoms with Crippen molar-refractivity contribution in [3.8, 4) is 0 Å². The molecule has 1 N–H and O–H groups in total. The molecule has 0 saturated carbocycles. The Balaban J connectivity index is 1.72.